The molecule has 1 fully saturated rings. The van der Waals surface area contributed by atoms with Crippen LogP contribution >= 0.6 is 0 Å². The van der Waals surface area contributed by atoms with E-state index in [4.69, 9.17) is 0 Å². The molecule has 0 radical (unpaired) electrons. The number of hydrogen-bond donors (Lipinski definition) is 1. The summed E-state index contributed by atoms with van der Waals surface area (Å²) in [4.78, 5) is 16.2. The Hall–Kier alpha value is -1.75. The first-order valence-electron chi connectivity index (χ1n) is 6.13. The van der Waals surface area contributed by atoms with E-state index in [9.17, 15) is 9.18 Å². The van der Waals surface area contributed by atoms with Gasteiger partial charge in [0.15, 0.2) is 0 Å². The maximum absolute atomic E-state index is 13.5. The summed E-state index contributed by atoms with van der Waals surface area (Å²) in [6.07, 6.45) is 3.64. The van der Waals surface area contributed by atoms with Crippen LogP contribution in [0.5, 0.6) is 0 Å². The Bertz CT molecular complexity index is 632. The van der Waals surface area contributed by atoms with E-state index in [-0.39, 0.29) is 11.1 Å². The van der Waals surface area contributed by atoms with Gasteiger partial charge in [-0.3, -0.25) is 9.36 Å². The highest BCUT2D eigenvalue weighted by atomic mass is 19.1. The molecule has 1 atom stereocenters. The first-order chi connectivity index (χ1) is 8.75. The highest BCUT2D eigenvalue weighted by Crippen LogP contribution is 2.11. The molecular formula is C13H14FN3O. The fourth-order valence-electron chi connectivity index (χ4n) is 2.43. The molecule has 0 amide bonds. The van der Waals surface area contributed by atoms with Crippen LogP contribution in [0.3, 0.4) is 0 Å². The topological polar surface area (TPSA) is 46.9 Å². The summed E-state index contributed by atoms with van der Waals surface area (Å²) in [7, 11) is 0. The van der Waals surface area contributed by atoms with Crippen LogP contribution in [0.1, 0.15) is 12.8 Å². The van der Waals surface area contributed by atoms with E-state index in [2.05, 4.69) is 10.3 Å². The molecule has 3 rings (SSSR count). The van der Waals surface area contributed by atoms with Crippen molar-refractivity contribution in [1.82, 2.24) is 14.9 Å². The number of hydrogen-bond acceptors (Lipinski definition) is 3. The van der Waals surface area contributed by atoms with Crippen molar-refractivity contribution in [2.75, 3.05) is 6.54 Å². The van der Waals surface area contributed by atoms with Gasteiger partial charge in [-0.2, -0.15) is 0 Å². The lowest BCUT2D eigenvalue weighted by Crippen LogP contribution is -2.32. The minimum absolute atomic E-state index is 0.151. The molecule has 1 saturated heterocycles. The summed E-state index contributed by atoms with van der Waals surface area (Å²) in [5.74, 6) is -0.448. The van der Waals surface area contributed by atoms with E-state index in [1.165, 1.54) is 12.4 Å². The first kappa shape index (κ1) is 11.3. The number of nitrogens with zero attached hydrogens (tertiary/aromatic N) is 2. The Labute approximate surface area is 103 Å². The van der Waals surface area contributed by atoms with Crippen molar-refractivity contribution in [3.63, 3.8) is 0 Å². The van der Waals surface area contributed by atoms with E-state index < -0.39 is 5.82 Å². The van der Waals surface area contributed by atoms with Crippen LogP contribution in [-0.4, -0.2) is 22.1 Å². The number of benzene rings is 1. The first-order valence-corrected chi connectivity index (χ1v) is 6.13. The second kappa shape index (κ2) is 4.49. The molecule has 1 aromatic carbocycles. The van der Waals surface area contributed by atoms with Crippen molar-refractivity contribution in [3.8, 4) is 0 Å². The van der Waals surface area contributed by atoms with Crippen molar-refractivity contribution < 1.29 is 4.39 Å². The van der Waals surface area contributed by atoms with E-state index in [0.29, 0.717) is 18.0 Å². The largest absolute Gasteiger partial charge is 0.312 e. The van der Waals surface area contributed by atoms with Gasteiger partial charge in [0.25, 0.3) is 5.56 Å². The summed E-state index contributed by atoms with van der Waals surface area (Å²) in [5, 5.41) is 3.67. The zero-order chi connectivity index (χ0) is 12.5. The maximum Gasteiger partial charge on any atom is 0.261 e. The fraction of sp³-hybridized carbons (Fsp3) is 0.385. The molecule has 1 aromatic heterocycles. The molecule has 4 nitrogen and oxygen atoms in total. The Morgan fingerprint density at radius 3 is 3.17 bits per heavy atom. The Morgan fingerprint density at radius 1 is 1.50 bits per heavy atom. The van der Waals surface area contributed by atoms with Gasteiger partial charge in [0.1, 0.15) is 11.3 Å². The second-order valence-corrected chi connectivity index (χ2v) is 4.63. The van der Waals surface area contributed by atoms with Gasteiger partial charge in [0.2, 0.25) is 0 Å². The lowest BCUT2D eigenvalue weighted by Gasteiger charge is -2.12. The van der Waals surface area contributed by atoms with Crippen molar-refractivity contribution in [2.24, 2.45) is 0 Å². The zero-order valence-corrected chi connectivity index (χ0v) is 9.90. The molecule has 1 unspecified atom stereocenters. The third-order valence-corrected chi connectivity index (χ3v) is 3.38. The van der Waals surface area contributed by atoms with Gasteiger partial charge in [-0.1, -0.05) is 6.07 Å². The molecule has 5 heteroatoms. The average Bonchev–Trinajstić information content (AvgIpc) is 2.86. The number of aromatic nitrogens is 2. The minimum atomic E-state index is -0.448. The summed E-state index contributed by atoms with van der Waals surface area (Å²) in [5.41, 5.74) is -0.0219. The standard InChI is InChI=1S/C13H14FN3O/c14-11-5-1-4-10-12(11)16-8-17(13(10)18)7-9-3-2-6-15-9/h1,4-5,8-9,15H,2-3,6-7H2. The highest BCUT2D eigenvalue weighted by molar-refractivity contribution is 5.77. The molecule has 0 spiro atoms. The number of rotatable bonds is 2. The molecule has 18 heavy (non-hydrogen) atoms. The van der Waals surface area contributed by atoms with Crippen LogP contribution in [0.15, 0.2) is 29.3 Å². The highest BCUT2D eigenvalue weighted by Gasteiger charge is 2.16. The monoisotopic (exact) mass is 247 g/mol. The Kier molecular flexibility index (Phi) is 2.83. The molecule has 1 aliphatic rings. The lowest BCUT2D eigenvalue weighted by molar-refractivity contribution is 0.497. The molecule has 2 heterocycles. The normalized spacial score (nSPS) is 19.5. The molecule has 94 valence electrons. The zero-order valence-electron chi connectivity index (χ0n) is 9.90. The van der Waals surface area contributed by atoms with Crippen LogP contribution in [-0.2, 0) is 6.54 Å². The average molecular weight is 247 g/mol. The number of halogens is 1. The Morgan fingerprint density at radius 2 is 2.39 bits per heavy atom. The van der Waals surface area contributed by atoms with Crippen LogP contribution < -0.4 is 10.9 Å². The van der Waals surface area contributed by atoms with Crippen molar-refractivity contribution in [1.29, 1.82) is 0 Å². The molecule has 2 aromatic rings. The number of para-hydroxylation sites is 1. The lowest BCUT2D eigenvalue weighted by atomic mass is 10.2. The van der Waals surface area contributed by atoms with Crippen LogP contribution in [0, 0.1) is 5.82 Å². The van der Waals surface area contributed by atoms with Crippen LogP contribution in [0.4, 0.5) is 4.39 Å². The van der Waals surface area contributed by atoms with Gasteiger partial charge >= 0.3 is 0 Å². The van der Waals surface area contributed by atoms with Gasteiger partial charge in [0.05, 0.1) is 11.7 Å². The van der Waals surface area contributed by atoms with E-state index in [1.54, 1.807) is 16.7 Å². The van der Waals surface area contributed by atoms with Crippen LogP contribution in [0.2, 0.25) is 0 Å². The summed E-state index contributed by atoms with van der Waals surface area (Å²) < 4.78 is 15.0. The Balaban J connectivity index is 2.03. The van der Waals surface area contributed by atoms with E-state index in [0.717, 1.165) is 19.4 Å². The summed E-state index contributed by atoms with van der Waals surface area (Å²) in [6, 6.07) is 4.79. The summed E-state index contributed by atoms with van der Waals surface area (Å²) >= 11 is 0. The van der Waals surface area contributed by atoms with Crippen LogP contribution in [0.25, 0.3) is 10.9 Å². The quantitative estimate of drug-likeness (QED) is 0.869. The van der Waals surface area contributed by atoms with Gasteiger partial charge in [-0.25, -0.2) is 9.37 Å². The molecule has 1 N–H and O–H groups in total. The SMILES string of the molecule is O=c1c2cccc(F)c2ncn1CC1CCCN1. The van der Waals surface area contributed by atoms with Crippen molar-refractivity contribution >= 4 is 10.9 Å². The molecule has 1 aliphatic heterocycles. The third-order valence-electron chi connectivity index (χ3n) is 3.38. The predicted octanol–water partition coefficient (Wildman–Crippen LogP) is 1.29. The predicted molar refractivity (Wildman–Crippen MR) is 67.0 cm³/mol. The fourth-order valence-corrected chi connectivity index (χ4v) is 2.43. The van der Waals surface area contributed by atoms with Gasteiger partial charge < -0.3 is 5.32 Å². The molecule has 0 saturated carbocycles. The van der Waals surface area contributed by atoms with Crippen molar-refractivity contribution in [2.45, 2.75) is 25.4 Å². The summed E-state index contributed by atoms with van der Waals surface area (Å²) in [6.45, 7) is 1.59. The minimum Gasteiger partial charge on any atom is -0.312 e. The van der Waals surface area contributed by atoms with Crippen molar-refractivity contribution in [3.05, 3.63) is 40.7 Å². The van der Waals surface area contributed by atoms with E-state index in [1.807, 2.05) is 0 Å². The van der Waals surface area contributed by atoms with E-state index >= 15 is 0 Å². The van der Waals surface area contributed by atoms with Gasteiger partial charge in [0, 0.05) is 12.6 Å². The maximum atomic E-state index is 13.5. The second-order valence-electron chi connectivity index (χ2n) is 4.63. The van der Waals surface area contributed by atoms with Gasteiger partial charge in [-0.15, -0.1) is 0 Å². The van der Waals surface area contributed by atoms with Gasteiger partial charge in [-0.05, 0) is 31.5 Å². The number of fused-ring (bicyclic) bond motifs is 1. The number of nitrogens with one attached hydrogen (secondary N) is 1. The smallest absolute Gasteiger partial charge is 0.261 e. The molecule has 0 aliphatic carbocycles. The molecule has 0 bridgehead atoms. The molecular weight excluding hydrogens is 233 g/mol. The third kappa shape index (κ3) is 1.90.